The highest BCUT2D eigenvalue weighted by atomic mass is 32.2. The van der Waals surface area contributed by atoms with Crippen molar-refractivity contribution >= 4 is 21.4 Å². The van der Waals surface area contributed by atoms with Gasteiger partial charge in [0.05, 0.1) is 0 Å². The third-order valence-corrected chi connectivity index (χ3v) is 6.40. The molecule has 6 heteroatoms. The molecule has 0 atom stereocenters. The monoisotopic (exact) mass is 290 g/mol. The van der Waals surface area contributed by atoms with Gasteiger partial charge in [-0.2, -0.15) is 4.31 Å². The Labute approximate surface area is 114 Å². The molecule has 0 aliphatic carbocycles. The quantitative estimate of drug-likeness (QED) is 0.744. The first-order valence-corrected chi connectivity index (χ1v) is 8.61. The van der Waals surface area contributed by atoms with E-state index in [9.17, 15) is 8.42 Å². The number of sulfonamides is 1. The highest BCUT2D eigenvalue weighted by Gasteiger charge is 2.23. The van der Waals surface area contributed by atoms with Gasteiger partial charge in [0.25, 0.3) is 10.0 Å². The molecule has 0 unspecified atom stereocenters. The number of nitrogens with zero attached hydrogens (tertiary/aromatic N) is 1. The molecule has 104 valence electrons. The van der Waals surface area contributed by atoms with Crippen LogP contribution in [0.1, 0.15) is 25.6 Å². The second-order valence-corrected chi connectivity index (χ2v) is 7.25. The van der Waals surface area contributed by atoms with Crippen molar-refractivity contribution < 1.29 is 8.42 Å². The van der Waals surface area contributed by atoms with Crippen molar-refractivity contribution in [2.45, 2.75) is 31.4 Å². The Bertz CT molecular complexity index is 450. The van der Waals surface area contributed by atoms with Crippen LogP contribution in [0.5, 0.6) is 0 Å². The average molecular weight is 290 g/mol. The zero-order valence-corrected chi connectivity index (χ0v) is 12.9. The van der Waals surface area contributed by atoms with E-state index >= 15 is 0 Å². The van der Waals surface area contributed by atoms with E-state index in [1.54, 1.807) is 6.07 Å². The minimum atomic E-state index is -3.28. The van der Waals surface area contributed by atoms with E-state index in [0.717, 1.165) is 24.4 Å². The Morgan fingerprint density at radius 1 is 1.22 bits per heavy atom. The number of thiophene rings is 1. The third kappa shape index (κ3) is 3.78. The molecule has 0 radical (unpaired) electrons. The van der Waals surface area contributed by atoms with Crippen LogP contribution < -0.4 is 5.32 Å². The highest BCUT2D eigenvalue weighted by molar-refractivity contribution is 7.91. The summed E-state index contributed by atoms with van der Waals surface area (Å²) in [6.07, 6.45) is 0.881. The van der Waals surface area contributed by atoms with Gasteiger partial charge in [-0.1, -0.05) is 20.8 Å². The molecule has 0 fully saturated rings. The Morgan fingerprint density at radius 2 is 1.89 bits per heavy atom. The second-order valence-electron chi connectivity index (χ2n) is 3.91. The lowest BCUT2D eigenvalue weighted by Crippen LogP contribution is -2.29. The van der Waals surface area contributed by atoms with Gasteiger partial charge in [-0.25, -0.2) is 8.42 Å². The van der Waals surface area contributed by atoms with Gasteiger partial charge < -0.3 is 5.32 Å². The summed E-state index contributed by atoms with van der Waals surface area (Å²) in [5, 5.41) is 3.24. The van der Waals surface area contributed by atoms with Crippen LogP contribution in [0, 0.1) is 0 Å². The molecule has 0 amide bonds. The zero-order chi connectivity index (χ0) is 13.6. The maximum absolute atomic E-state index is 12.3. The van der Waals surface area contributed by atoms with Gasteiger partial charge in [0.15, 0.2) is 0 Å². The molecule has 1 rings (SSSR count). The fourth-order valence-electron chi connectivity index (χ4n) is 1.71. The summed E-state index contributed by atoms with van der Waals surface area (Å²) in [7, 11) is -3.28. The first-order valence-electron chi connectivity index (χ1n) is 6.35. The van der Waals surface area contributed by atoms with Gasteiger partial charge in [-0.15, -0.1) is 11.3 Å². The highest BCUT2D eigenvalue weighted by Crippen LogP contribution is 2.24. The molecule has 0 spiro atoms. The lowest BCUT2D eigenvalue weighted by atomic mass is 10.3. The molecule has 1 heterocycles. The van der Waals surface area contributed by atoms with Crippen molar-refractivity contribution in [2.75, 3.05) is 26.2 Å². The van der Waals surface area contributed by atoms with Crippen LogP contribution in [0.25, 0.3) is 0 Å². The predicted molar refractivity (Wildman–Crippen MR) is 76.7 cm³/mol. The summed E-state index contributed by atoms with van der Waals surface area (Å²) in [5.74, 6) is 0. The molecular formula is C12H22N2O2S2. The second kappa shape index (κ2) is 7.23. The molecule has 0 aliphatic rings. The Hall–Kier alpha value is -0.430. The molecule has 1 aromatic rings. The summed E-state index contributed by atoms with van der Waals surface area (Å²) in [6, 6.07) is 3.64. The van der Waals surface area contributed by atoms with Gasteiger partial charge in [0.1, 0.15) is 4.21 Å². The number of likely N-dealkylation sites (N-methyl/N-ethyl adjacent to an activating group) is 1. The molecule has 1 aromatic heterocycles. The molecule has 1 N–H and O–H groups in total. The standard InChI is InChI=1S/C12H22N2O2S2/c1-4-13-10-9-11-7-8-12(17-11)18(15,16)14(5-2)6-3/h7-8,13H,4-6,9-10H2,1-3H3. The van der Waals surface area contributed by atoms with Crippen LogP contribution in [-0.4, -0.2) is 38.9 Å². The summed E-state index contributed by atoms with van der Waals surface area (Å²) >= 11 is 1.38. The van der Waals surface area contributed by atoms with Crippen LogP contribution in [0.2, 0.25) is 0 Å². The summed E-state index contributed by atoms with van der Waals surface area (Å²) in [6.45, 7) is 8.65. The molecule has 4 nitrogen and oxygen atoms in total. The van der Waals surface area contributed by atoms with E-state index < -0.39 is 10.0 Å². The molecule has 0 aliphatic heterocycles. The lowest BCUT2D eigenvalue weighted by Gasteiger charge is -2.16. The summed E-state index contributed by atoms with van der Waals surface area (Å²) in [5.41, 5.74) is 0. The normalized spacial score (nSPS) is 12.2. The minimum absolute atomic E-state index is 0.456. The maximum Gasteiger partial charge on any atom is 0.252 e. The van der Waals surface area contributed by atoms with Gasteiger partial charge in [0, 0.05) is 18.0 Å². The van der Waals surface area contributed by atoms with Crippen molar-refractivity contribution in [3.8, 4) is 0 Å². The Kier molecular flexibility index (Phi) is 6.28. The fourth-order valence-corrected chi connectivity index (χ4v) is 4.68. The first kappa shape index (κ1) is 15.6. The SMILES string of the molecule is CCNCCc1ccc(S(=O)(=O)N(CC)CC)s1. The minimum Gasteiger partial charge on any atom is -0.317 e. The summed E-state index contributed by atoms with van der Waals surface area (Å²) < 4.78 is 26.5. The van der Waals surface area contributed by atoms with E-state index in [1.807, 2.05) is 19.9 Å². The smallest absolute Gasteiger partial charge is 0.252 e. The van der Waals surface area contributed by atoms with Crippen LogP contribution >= 0.6 is 11.3 Å². The molecule has 0 saturated carbocycles. The van der Waals surface area contributed by atoms with Crippen LogP contribution in [0.15, 0.2) is 16.3 Å². The summed E-state index contributed by atoms with van der Waals surface area (Å²) in [4.78, 5) is 1.11. The van der Waals surface area contributed by atoms with Crippen molar-refractivity contribution in [1.29, 1.82) is 0 Å². The zero-order valence-electron chi connectivity index (χ0n) is 11.3. The molecule has 0 saturated heterocycles. The Morgan fingerprint density at radius 3 is 2.44 bits per heavy atom. The number of rotatable bonds is 8. The number of hydrogen-bond donors (Lipinski definition) is 1. The van der Waals surface area contributed by atoms with Crippen molar-refractivity contribution in [1.82, 2.24) is 9.62 Å². The van der Waals surface area contributed by atoms with E-state index in [-0.39, 0.29) is 0 Å². The van der Waals surface area contributed by atoms with Crippen LogP contribution in [0.3, 0.4) is 0 Å². The van der Waals surface area contributed by atoms with E-state index in [1.165, 1.54) is 15.6 Å². The molecule has 18 heavy (non-hydrogen) atoms. The van der Waals surface area contributed by atoms with Gasteiger partial charge in [-0.05, 0) is 31.6 Å². The average Bonchev–Trinajstić information content (AvgIpc) is 2.80. The van der Waals surface area contributed by atoms with Gasteiger partial charge in [0.2, 0.25) is 0 Å². The van der Waals surface area contributed by atoms with Crippen molar-refractivity contribution in [3.05, 3.63) is 17.0 Å². The van der Waals surface area contributed by atoms with Crippen molar-refractivity contribution in [3.63, 3.8) is 0 Å². The first-order chi connectivity index (χ1) is 8.56. The number of nitrogens with one attached hydrogen (secondary N) is 1. The molecule has 0 aromatic carbocycles. The maximum atomic E-state index is 12.3. The lowest BCUT2D eigenvalue weighted by molar-refractivity contribution is 0.447. The van der Waals surface area contributed by atoms with Gasteiger partial charge in [-0.3, -0.25) is 0 Å². The topological polar surface area (TPSA) is 49.4 Å². The predicted octanol–water partition coefficient (Wildman–Crippen LogP) is 1.93. The van der Waals surface area contributed by atoms with Crippen LogP contribution in [0.4, 0.5) is 0 Å². The van der Waals surface area contributed by atoms with Crippen molar-refractivity contribution in [2.24, 2.45) is 0 Å². The van der Waals surface area contributed by atoms with E-state index in [0.29, 0.717) is 17.3 Å². The Balaban J connectivity index is 2.78. The van der Waals surface area contributed by atoms with E-state index in [2.05, 4.69) is 12.2 Å². The third-order valence-electron chi connectivity index (χ3n) is 2.73. The largest absolute Gasteiger partial charge is 0.317 e. The number of hydrogen-bond acceptors (Lipinski definition) is 4. The molecule has 0 bridgehead atoms. The van der Waals surface area contributed by atoms with Gasteiger partial charge >= 0.3 is 0 Å². The van der Waals surface area contributed by atoms with E-state index in [4.69, 9.17) is 0 Å². The fraction of sp³-hybridized carbons (Fsp3) is 0.667. The van der Waals surface area contributed by atoms with Crippen LogP contribution in [-0.2, 0) is 16.4 Å². The molecular weight excluding hydrogens is 268 g/mol.